The van der Waals surface area contributed by atoms with Crippen LogP contribution in [-0.4, -0.2) is 29.9 Å². The summed E-state index contributed by atoms with van der Waals surface area (Å²) in [6.45, 7) is 6.80. The molecule has 1 heterocycles. The lowest BCUT2D eigenvalue weighted by atomic mass is 10.0. The summed E-state index contributed by atoms with van der Waals surface area (Å²) in [6.07, 6.45) is 2.66. The van der Waals surface area contributed by atoms with Crippen molar-refractivity contribution in [1.29, 1.82) is 0 Å². The highest BCUT2D eigenvalue weighted by Crippen LogP contribution is 2.22. The van der Waals surface area contributed by atoms with Crippen molar-refractivity contribution in [2.75, 3.05) is 11.9 Å². The molecule has 1 unspecified atom stereocenters. The van der Waals surface area contributed by atoms with Crippen LogP contribution in [0.4, 0.5) is 5.69 Å². The fourth-order valence-corrected chi connectivity index (χ4v) is 2.64. The van der Waals surface area contributed by atoms with Crippen LogP contribution in [-0.2, 0) is 4.79 Å². The maximum atomic E-state index is 12.3. The summed E-state index contributed by atoms with van der Waals surface area (Å²) in [6, 6.07) is 4.80. The predicted octanol–water partition coefficient (Wildman–Crippen LogP) is 2.95. The number of anilines is 1. The zero-order chi connectivity index (χ0) is 17.0. The topological polar surface area (TPSA) is 70.2 Å². The summed E-state index contributed by atoms with van der Waals surface area (Å²) in [4.78, 5) is 24.4. The molecule has 0 spiro atoms. The van der Waals surface area contributed by atoms with Gasteiger partial charge in [-0.15, -0.1) is 0 Å². The van der Waals surface area contributed by atoms with Crippen LogP contribution < -0.4 is 16.0 Å². The number of amides is 2. The van der Waals surface area contributed by atoms with E-state index in [1.807, 2.05) is 20.8 Å². The Morgan fingerprint density at radius 3 is 2.70 bits per heavy atom. The average Bonchev–Trinajstić information content (AvgIpc) is 3.01. The van der Waals surface area contributed by atoms with E-state index < -0.39 is 0 Å². The van der Waals surface area contributed by atoms with Gasteiger partial charge in [-0.25, -0.2) is 0 Å². The van der Waals surface area contributed by atoms with Gasteiger partial charge in [0.2, 0.25) is 5.91 Å². The second-order valence-electron chi connectivity index (χ2n) is 6.52. The predicted molar refractivity (Wildman–Crippen MR) is 92.9 cm³/mol. The molecule has 0 saturated carbocycles. The Hall–Kier alpha value is -1.59. The second kappa shape index (κ2) is 7.32. The molecule has 1 fully saturated rings. The Bertz CT molecular complexity index is 596. The Labute approximate surface area is 142 Å². The highest BCUT2D eigenvalue weighted by atomic mass is 35.5. The van der Waals surface area contributed by atoms with Gasteiger partial charge < -0.3 is 16.0 Å². The van der Waals surface area contributed by atoms with Gasteiger partial charge in [0, 0.05) is 11.2 Å². The summed E-state index contributed by atoms with van der Waals surface area (Å²) in [7, 11) is 0. The third kappa shape index (κ3) is 4.69. The number of hydrogen-bond acceptors (Lipinski definition) is 3. The van der Waals surface area contributed by atoms with Gasteiger partial charge in [-0.05, 0) is 57.9 Å². The number of hydrogen-bond donors (Lipinski definition) is 3. The monoisotopic (exact) mass is 337 g/mol. The van der Waals surface area contributed by atoms with Gasteiger partial charge in [-0.2, -0.15) is 0 Å². The Morgan fingerprint density at radius 1 is 1.39 bits per heavy atom. The Morgan fingerprint density at radius 2 is 2.13 bits per heavy atom. The summed E-state index contributed by atoms with van der Waals surface area (Å²) in [5.41, 5.74) is 0.715. The SMILES string of the molecule is CCC(C)(C)NC(=O)c1ccc(NC(=O)C2CCCN2)cc1Cl. The molecule has 2 amide bonds. The molecule has 0 bridgehead atoms. The van der Waals surface area contributed by atoms with Crippen molar-refractivity contribution in [3.8, 4) is 0 Å². The first-order valence-corrected chi connectivity index (χ1v) is 8.36. The van der Waals surface area contributed by atoms with Crippen molar-refractivity contribution in [3.05, 3.63) is 28.8 Å². The van der Waals surface area contributed by atoms with Gasteiger partial charge in [-0.3, -0.25) is 9.59 Å². The average molecular weight is 338 g/mol. The minimum absolute atomic E-state index is 0.0668. The number of carbonyl (C=O) groups is 2. The number of carbonyl (C=O) groups excluding carboxylic acids is 2. The lowest BCUT2D eigenvalue weighted by Gasteiger charge is -2.24. The van der Waals surface area contributed by atoms with Gasteiger partial charge in [0.15, 0.2) is 0 Å². The normalized spacial score (nSPS) is 17.8. The minimum atomic E-state index is -0.290. The fraction of sp³-hybridized carbons (Fsp3) is 0.529. The van der Waals surface area contributed by atoms with Crippen molar-refractivity contribution in [2.24, 2.45) is 0 Å². The minimum Gasteiger partial charge on any atom is -0.347 e. The summed E-state index contributed by atoms with van der Waals surface area (Å²) in [5.74, 6) is -0.278. The van der Waals surface area contributed by atoms with E-state index in [0.717, 1.165) is 25.8 Å². The molecule has 0 radical (unpaired) electrons. The standard InChI is InChI=1S/C17H24ClN3O2/c1-4-17(2,3)21-15(22)12-8-7-11(10-13(12)18)20-16(23)14-6-5-9-19-14/h7-8,10,14,19H,4-6,9H2,1-3H3,(H,20,23)(H,21,22). The molecule has 6 heteroatoms. The molecule has 1 aromatic rings. The molecule has 1 atom stereocenters. The first kappa shape index (κ1) is 17.8. The molecule has 3 N–H and O–H groups in total. The van der Waals surface area contributed by atoms with Gasteiger partial charge in [0.1, 0.15) is 0 Å². The van der Waals surface area contributed by atoms with E-state index in [9.17, 15) is 9.59 Å². The van der Waals surface area contributed by atoms with Crippen molar-refractivity contribution in [1.82, 2.24) is 10.6 Å². The Balaban J connectivity index is 2.05. The molecule has 0 aliphatic carbocycles. The molecular formula is C17H24ClN3O2. The van der Waals surface area contributed by atoms with Gasteiger partial charge in [0.05, 0.1) is 16.6 Å². The van der Waals surface area contributed by atoms with Crippen molar-refractivity contribution >= 4 is 29.1 Å². The van der Waals surface area contributed by atoms with Crippen LogP contribution in [0, 0.1) is 0 Å². The third-order valence-electron chi connectivity index (χ3n) is 4.19. The summed E-state index contributed by atoms with van der Waals surface area (Å²) >= 11 is 6.21. The lowest BCUT2D eigenvalue weighted by molar-refractivity contribution is -0.117. The van der Waals surface area contributed by atoms with Crippen molar-refractivity contribution in [3.63, 3.8) is 0 Å². The second-order valence-corrected chi connectivity index (χ2v) is 6.93. The Kier molecular flexibility index (Phi) is 5.65. The quantitative estimate of drug-likeness (QED) is 0.773. The molecule has 1 aromatic carbocycles. The van der Waals surface area contributed by atoms with Crippen molar-refractivity contribution in [2.45, 2.75) is 51.6 Å². The van der Waals surface area contributed by atoms with E-state index in [1.165, 1.54) is 0 Å². The number of halogens is 1. The summed E-state index contributed by atoms with van der Waals surface area (Å²) in [5, 5.41) is 9.25. The molecular weight excluding hydrogens is 314 g/mol. The number of nitrogens with one attached hydrogen (secondary N) is 3. The van der Waals surface area contributed by atoms with E-state index in [4.69, 9.17) is 11.6 Å². The maximum Gasteiger partial charge on any atom is 0.253 e. The van der Waals surface area contributed by atoms with Crippen LogP contribution in [0.3, 0.4) is 0 Å². The van der Waals surface area contributed by atoms with Crippen LogP contribution in [0.15, 0.2) is 18.2 Å². The number of rotatable bonds is 5. The zero-order valence-corrected chi connectivity index (χ0v) is 14.6. The first-order valence-electron chi connectivity index (χ1n) is 7.99. The maximum absolute atomic E-state index is 12.3. The first-order chi connectivity index (χ1) is 10.8. The lowest BCUT2D eigenvalue weighted by Crippen LogP contribution is -2.42. The molecule has 1 aliphatic heterocycles. The molecule has 2 rings (SSSR count). The van der Waals surface area contributed by atoms with Gasteiger partial charge >= 0.3 is 0 Å². The summed E-state index contributed by atoms with van der Waals surface area (Å²) < 4.78 is 0. The van der Waals surface area contributed by atoms with E-state index in [1.54, 1.807) is 18.2 Å². The van der Waals surface area contributed by atoms with E-state index >= 15 is 0 Å². The highest BCUT2D eigenvalue weighted by molar-refractivity contribution is 6.34. The largest absolute Gasteiger partial charge is 0.347 e. The molecule has 0 aromatic heterocycles. The molecule has 1 aliphatic rings. The van der Waals surface area contributed by atoms with Crippen LogP contribution in [0.1, 0.15) is 50.4 Å². The van der Waals surface area contributed by atoms with Crippen LogP contribution >= 0.6 is 11.6 Å². The van der Waals surface area contributed by atoms with Crippen LogP contribution in [0.25, 0.3) is 0 Å². The van der Waals surface area contributed by atoms with Crippen LogP contribution in [0.2, 0.25) is 5.02 Å². The van der Waals surface area contributed by atoms with E-state index in [0.29, 0.717) is 16.3 Å². The third-order valence-corrected chi connectivity index (χ3v) is 4.51. The van der Waals surface area contributed by atoms with Crippen molar-refractivity contribution < 1.29 is 9.59 Å². The fourth-order valence-electron chi connectivity index (χ4n) is 2.38. The van der Waals surface area contributed by atoms with Gasteiger partial charge in [-0.1, -0.05) is 18.5 Å². The van der Waals surface area contributed by atoms with Crippen LogP contribution in [0.5, 0.6) is 0 Å². The number of benzene rings is 1. The zero-order valence-electron chi connectivity index (χ0n) is 13.8. The molecule has 126 valence electrons. The van der Waals surface area contributed by atoms with E-state index in [2.05, 4.69) is 16.0 Å². The van der Waals surface area contributed by atoms with E-state index in [-0.39, 0.29) is 23.4 Å². The highest BCUT2D eigenvalue weighted by Gasteiger charge is 2.23. The molecule has 1 saturated heterocycles. The molecule has 23 heavy (non-hydrogen) atoms. The molecule has 5 nitrogen and oxygen atoms in total. The van der Waals surface area contributed by atoms with Gasteiger partial charge in [0.25, 0.3) is 5.91 Å². The smallest absolute Gasteiger partial charge is 0.253 e.